The average molecular weight is 419 g/mol. The van der Waals surface area contributed by atoms with E-state index in [1.165, 1.54) is 6.07 Å². The van der Waals surface area contributed by atoms with Crippen molar-refractivity contribution < 1.29 is 9.13 Å². The predicted molar refractivity (Wildman–Crippen MR) is 113 cm³/mol. The molecular weight excluding hydrogens is 399 g/mol. The van der Waals surface area contributed by atoms with Gasteiger partial charge in [0.1, 0.15) is 11.6 Å². The molecule has 4 rings (SSSR count). The zero-order chi connectivity index (χ0) is 19.7. The maximum absolute atomic E-state index is 14.4. The number of benzene rings is 2. The molecule has 0 atom stereocenters. The second kappa shape index (κ2) is 8.11. The number of hydrogen-bond acceptors (Lipinski definition) is 6. The molecule has 1 aromatic heterocycles. The van der Waals surface area contributed by atoms with E-state index in [1.807, 2.05) is 12.1 Å². The van der Waals surface area contributed by atoms with Crippen molar-refractivity contribution in [3.05, 3.63) is 41.2 Å². The lowest BCUT2D eigenvalue weighted by Gasteiger charge is -2.23. The first kappa shape index (κ1) is 19.2. The number of aromatic nitrogens is 2. The fourth-order valence-electron chi connectivity index (χ4n) is 3.30. The van der Waals surface area contributed by atoms with E-state index in [-0.39, 0.29) is 16.4 Å². The minimum atomic E-state index is -0.562. The third kappa shape index (κ3) is 3.74. The third-order valence-corrected chi connectivity index (χ3v) is 6.45. The molecule has 0 saturated carbocycles. The van der Waals surface area contributed by atoms with E-state index >= 15 is 0 Å². The minimum absolute atomic E-state index is 0.0195. The van der Waals surface area contributed by atoms with Crippen molar-refractivity contribution in [2.24, 2.45) is 0 Å². The molecule has 2 heterocycles. The maximum Gasteiger partial charge on any atom is 0.165 e. The first-order valence-electron chi connectivity index (χ1n) is 9.04. The van der Waals surface area contributed by atoms with Gasteiger partial charge in [0.2, 0.25) is 0 Å². The first-order valence-corrected chi connectivity index (χ1v) is 10.3. The van der Waals surface area contributed by atoms with Crippen LogP contribution in [0.1, 0.15) is 12.8 Å². The van der Waals surface area contributed by atoms with Crippen LogP contribution in [0.5, 0.6) is 5.75 Å². The van der Waals surface area contributed by atoms with Crippen LogP contribution in [0.25, 0.3) is 22.3 Å². The molecule has 2 aromatic carbocycles. The molecule has 8 heteroatoms. The van der Waals surface area contributed by atoms with Gasteiger partial charge < -0.3 is 15.8 Å². The van der Waals surface area contributed by atoms with Gasteiger partial charge in [0.25, 0.3) is 0 Å². The largest absolute Gasteiger partial charge is 0.496 e. The molecule has 1 aliphatic rings. The lowest BCUT2D eigenvalue weighted by molar-refractivity contribution is 0.405. The van der Waals surface area contributed by atoms with Gasteiger partial charge in [0, 0.05) is 16.7 Å². The Morgan fingerprint density at radius 3 is 2.79 bits per heavy atom. The smallest absolute Gasteiger partial charge is 0.165 e. The van der Waals surface area contributed by atoms with E-state index in [1.54, 1.807) is 31.0 Å². The van der Waals surface area contributed by atoms with Gasteiger partial charge in [-0.15, -0.1) is 11.8 Å². The van der Waals surface area contributed by atoms with E-state index in [9.17, 15) is 4.39 Å². The normalized spacial score (nSPS) is 15.1. The number of thioether (sulfide) groups is 1. The van der Waals surface area contributed by atoms with E-state index in [2.05, 4.69) is 15.3 Å². The molecule has 0 bridgehead atoms. The van der Waals surface area contributed by atoms with Gasteiger partial charge in [-0.25, -0.2) is 14.4 Å². The molecule has 0 radical (unpaired) electrons. The van der Waals surface area contributed by atoms with Crippen molar-refractivity contribution in [3.63, 3.8) is 0 Å². The summed E-state index contributed by atoms with van der Waals surface area (Å²) in [6.07, 6.45) is 2.20. The SMILES string of the molecule is COc1cc2nc(-c3cccc(Cl)c3F)nc(N)c2cc1SC1CCNCC1. The van der Waals surface area contributed by atoms with Gasteiger partial charge in [-0.05, 0) is 44.1 Å². The number of nitrogens with zero attached hydrogens (tertiary/aromatic N) is 2. The topological polar surface area (TPSA) is 73.1 Å². The fraction of sp³-hybridized carbons (Fsp3) is 0.300. The van der Waals surface area contributed by atoms with Crippen molar-refractivity contribution >= 4 is 40.1 Å². The molecule has 0 amide bonds. The number of nitrogen functional groups attached to an aromatic ring is 1. The van der Waals surface area contributed by atoms with Gasteiger partial charge in [-0.2, -0.15) is 0 Å². The molecule has 0 unspecified atom stereocenters. The zero-order valence-electron chi connectivity index (χ0n) is 15.3. The van der Waals surface area contributed by atoms with E-state index < -0.39 is 5.82 Å². The number of fused-ring (bicyclic) bond motifs is 1. The van der Waals surface area contributed by atoms with Gasteiger partial charge in [0.05, 0.1) is 28.1 Å². The Kier molecular flexibility index (Phi) is 5.57. The summed E-state index contributed by atoms with van der Waals surface area (Å²) in [6, 6.07) is 8.53. The number of halogens is 2. The summed E-state index contributed by atoms with van der Waals surface area (Å²) in [4.78, 5) is 9.85. The number of anilines is 1. The highest BCUT2D eigenvalue weighted by Crippen LogP contribution is 2.39. The van der Waals surface area contributed by atoms with Crippen LogP contribution >= 0.6 is 23.4 Å². The average Bonchev–Trinajstić information content (AvgIpc) is 2.70. The maximum atomic E-state index is 14.4. The standard InChI is InChI=1S/C20H20ClFN4OS/c1-27-16-10-15-13(9-17(16)28-11-5-7-24-8-6-11)19(23)26-20(25-15)12-3-2-4-14(21)18(12)22/h2-4,9-11,24H,5-8H2,1H3,(H2,23,25,26). The van der Waals surface area contributed by atoms with Crippen LogP contribution in [0.2, 0.25) is 5.02 Å². The molecule has 3 aromatic rings. The molecule has 1 saturated heterocycles. The zero-order valence-corrected chi connectivity index (χ0v) is 16.9. The summed E-state index contributed by atoms with van der Waals surface area (Å²) in [5.41, 5.74) is 7.03. The van der Waals surface area contributed by atoms with E-state index in [0.717, 1.165) is 42.0 Å². The predicted octanol–water partition coefficient (Wildman–Crippen LogP) is 4.52. The van der Waals surface area contributed by atoms with Gasteiger partial charge >= 0.3 is 0 Å². The van der Waals surface area contributed by atoms with Crippen LogP contribution in [0.15, 0.2) is 35.2 Å². The van der Waals surface area contributed by atoms with Gasteiger partial charge in [0.15, 0.2) is 11.6 Å². The van der Waals surface area contributed by atoms with Crippen molar-refractivity contribution in [1.82, 2.24) is 15.3 Å². The Hall–Kier alpha value is -2.09. The molecule has 3 N–H and O–H groups in total. The third-order valence-electron chi connectivity index (χ3n) is 4.78. The van der Waals surface area contributed by atoms with Crippen molar-refractivity contribution in [2.75, 3.05) is 25.9 Å². The van der Waals surface area contributed by atoms with Crippen molar-refractivity contribution in [1.29, 1.82) is 0 Å². The summed E-state index contributed by atoms with van der Waals surface area (Å²) in [5.74, 6) is 0.666. The summed E-state index contributed by atoms with van der Waals surface area (Å²) in [6.45, 7) is 2.04. The van der Waals surface area contributed by atoms with Crippen LogP contribution < -0.4 is 15.8 Å². The number of nitrogens with one attached hydrogen (secondary N) is 1. The van der Waals surface area contributed by atoms with Crippen LogP contribution in [-0.2, 0) is 0 Å². The summed E-state index contributed by atoms with van der Waals surface area (Å²) >= 11 is 7.68. The molecule has 28 heavy (non-hydrogen) atoms. The second-order valence-electron chi connectivity index (χ2n) is 6.62. The summed E-state index contributed by atoms with van der Waals surface area (Å²) in [5, 5.41) is 4.64. The molecule has 5 nitrogen and oxygen atoms in total. The number of rotatable bonds is 4. The van der Waals surface area contributed by atoms with E-state index in [4.69, 9.17) is 22.1 Å². The Morgan fingerprint density at radius 1 is 1.25 bits per heavy atom. The Bertz CT molecular complexity index is 1030. The van der Waals surface area contributed by atoms with Crippen LogP contribution in [0.3, 0.4) is 0 Å². The van der Waals surface area contributed by atoms with Crippen molar-refractivity contribution in [3.8, 4) is 17.1 Å². The molecule has 0 spiro atoms. The summed E-state index contributed by atoms with van der Waals surface area (Å²) < 4.78 is 20.0. The number of ether oxygens (including phenoxy) is 1. The number of hydrogen-bond donors (Lipinski definition) is 2. The molecule has 0 aliphatic carbocycles. The lowest BCUT2D eigenvalue weighted by atomic mass is 10.1. The monoisotopic (exact) mass is 418 g/mol. The Balaban J connectivity index is 1.78. The first-order chi connectivity index (χ1) is 13.6. The van der Waals surface area contributed by atoms with Crippen LogP contribution in [0, 0.1) is 5.82 Å². The lowest BCUT2D eigenvalue weighted by Crippen LogP contribution is -2.29. The highest BCUT2D eigenvalue weighted by Gasteiger charge is 2.19. The molecular formula is C20H20ClFN4OS. The minimum Gasteiger partial charge on any atom is -0.496 e. The highest BCUT2D eigenvalue weighted by molar-refractivity contribution is 8.00. The fourth-order valence-corrected chi connectivity index (χ4v) is 4.75. The van der Waals surface area contributed by atoms with E-state index in [0.29, 0.717) is 16.6 Å². The quantitative estimate of drug-likeness (QED) is 0.648. The molecule has 146 valence electrons. The number of piperidine rings is 1. The Labute approximate surface area is 171 Å². The van der Waals surface area contributed by atoms with Gasteiger partial charge in [-0.3, -0.25) is 0 Å². The Morgan fingerprint density at radius 2 is 2.04 bits per heavy atom. The second-order valence-corrected chi connectivity index (χ2v) is 8.37. The highest BCUT2D eigenvalue weighted by atomic mass is 35.5. The number of methoxy groups -OCH3 is 1. The van der Waals surface area contributed by atoms with Gasteiger partial charge in [-0.1, -0.05) is 17.7 Å². The summed E-state index contributed by atoms with van der Waals surface area (Å²) in [7, 11) is 1.63. The number of nitrogens with two attached hydrogens (primary N) is 1. The molecule has 1 aliphatic heterocycles. The molecule has 1 fully saturated rings. The van der Waals surface area contributed by atoms with Crippen LogP contribution in [-0.4, -0.2) is 35.4 Å². The van der Waals surface area contributed by atoms with Crippen molar-refractivity contribution in [2.45, 2.75) is 23.0 Å². The van der Waals surface area contributed by atoms with Crippen LogP contribution in [0.4, 0.5) is 10.2 Å².